The van der Waals surface area contributed by atoms with Crippen molar-refractivity contribution in [3.63, 3.8) is 0 Å². The summed E-state index contributed by atoms with van der Waals surface area (Å²) in [4.78, 5) is 33.7. The zero-order valence-corrected chi connectivity index (χ0v) is 30.0. The molecule has 316 valence electrons. The number of likely N-dealkylation sites (N-methyl/N-ethyl adjacent to an activating group) is 1. The SMILES string of the molecule is CNC[C@H](O)[C@@H](O)[C@H](O)[C@H](O)CO.C[C@@H](O[C@H]1OCC[N+]([O-])(Cc2nc(=O)n(P(=O)(O)O)n2O)[C@H]1c1ccc(F)cc1)c1cc(C(F)(F)F)cc(C(F)(F)F)c1. The molecule has 1 aliphatic rings. The van der Waals surface area contributed by atoms with Crippen LogP contribution in [0.1, 0.15) is 47.1 Å². The molecule has 1 fully saturated rings. The van der Waals surface area contributed by atoms with Gasteiger partial charge < -0.3 is 65.2 Å². The molecule has 3 aromatic rings. The second kappa shape index (κ2) is 18.4. The number of halogens is 7. The lowest BCUT2D eigenvalue weighted by molar-refractivity contribution is -0.941. The van der Waals surface area contributed by atoms with Gasteiger partial charge in [0.1, 0.15) is 37.2 Å². The minimum Gasteiger partial charge on any atom is -0.632 e. The maximum absolute atomic E-state index is 14.2. The Hall–Kier alpha value is -3.56. The molecule has 0 amide bonds. The molecule has 0 saturated carbocycles. The number of nitrogens with zero attached hydrogens (tertiary/aromatic N) is 4. The predicted octanol–water partition coefficient (Wildman–Crippen LogP) is 0.731. The number of rotatable bonds is 13. The van der Waals surface area contributed by atoms with Crippen LogP contribution in [0.5, 0.6) is 0 Å². The van der Waals surface area contributed by atoms with Crippen LogP contribution in [0.4, 0.5) is 30.7 Å². The number of nitrogens with one attached hydrogen (secondary N) is 1. The summed E-state index contributed by atoms with van der Waals surface area (Å²) in [6.45, 7) is -1.32. The van der Waals surface area contributed by atoms with E-state index in [0.717, 1.165) is 31.2 Å². The van der Waals surface area contributed by atoms with Gasteiger partial charge in [-0.1, -0.05) is 9.30 Å². The van der Waals surface area contributed by atoms with Gasteiger partial charge in [-0.3, -0.25) is 0 Å². The van der Waals surface area contributed by atoms with E-state index in [1.165, 1.54) is 0 Å². The van der Waals surface area contributed by atoms with E-state index in [9.17, 15) is 65.4 Å². The summed E-state index contributed by atoms with van der Waals surface area (Å²) in [5, 5.41) is 71.9. The van der Waals surface area contributed by atoms with E-state index in [-0.39, 0.29) is 23.0 Å². The van der Waals surface area contributed by atoms with Crippen LogP contribution in [0, 0.1) is 11.0 Å². The third-order valence-electron chi connectivity index (χ3n) is 8.35. The summed E-state index contributed by atoms with van der Waals surface area (Å²) in [6.07, 6.45) is -19.2. The first-order valence-corrected chi connectivity index (χ1v) is 17.7. The van der Waals surface area contributed by atoms with Crippen molar-refractivity contribution in [2.75, 3.05) is 33.4 Å². The molecule has 1 saturated heterocycles. The predicted molar refractivity (Wildman–Crippen MR) is 173 cm³/mol. The second-order valence-corrected chi connectivity index (χ2v) is 13.9. The highest BCUT2D eigenvalue weighted by molar-refractivity contribution is 7.49. The first-order valence-electron chi connectivity index (χ1n) is 16.1. The Morgan fingerprint density at radius 3 is 2.02 bits per heavy atom. The third-order valence-corrected chi connectivity index (χ3v) is 9.18. The van der Waals surface area contributed by atoms with Crippen LogP contribution in [0.2, 0.25) is 0 Å². The normalized spacial score (nSPS) is 22.1. The number of benzene rings is 2. The van der Waals surface area contributed by atoms with E-state index in [1.54, 1.807) is 7.05 Å². The topological polar surface area (TPSA) is 272 Å². The zero-order valence-electron chi connectivity index (χ0n) is 29.1. The molecule has 9 N–H and O–H groups in total. The summed E-state index contributed by atoms with van der Waals surface area (Å²) in [7, 11) is -3.86. The Morgan fingerprint density at radius 1 is 1.02 bits per heavy atom. The molecule has 1 unspecified atom stereocenters. The number of alkyl halides is 6. The van der Waals surface area contributed by atoms with Crippen LogP contribution in [-0.2, 0) is 32.9 Å². The highest BCUT2D eigenvalue weighted by Gasteiger charge is 2.46. The number of aromatic nitrogens is 3. The summed E-state index contributed by atoms with van der Waals surface area (Å²) < 4.78 is 115. The summed E-state index contributed by atoms with van der Waals surface area (Å²) in [5.41, 5.74) is -5.38. The number of hydrogen-bond donors (Lipinski definition) is 9. The molecular formula is C30H39F7N5O13P. The maximum atomic E-state index is 14.2. The molecule has 0 aliphatic carbocycles. The number of ether oxygens (including phenoxy) is 2. The van der Waals surface area contributed by atoms with Crippen LogP contribution in [0.25, 0.3) is 0 Å². The van der Waals surface area contributed by atoms with E-state index in [4.69, 9.17) is 29.9 Å². The molecule has 2 heterocycles. The van der Waals surface area contributed by atoms with E-state index in [2.05, 4.69) is 10.3 Å². The molecular weight excluding hydrogens is 802 g/mol. The zero-order chi connectivity index (χ0) is 42.6. The second-order valence-electron chi connectivity index (χ2n) is 12.4. The Morgan fingerprint density at radius 2 is 1.55 bits per heavy atom. The van der Waals surface area contributed by atoms with Gasteiger partial charge in [-0.15, -0.1) is 0 Å². The van der Waals surface area contributed by atoms with Crippen molar-refractivity contribution >= 4 is 7.75 Å². The number of hydroxylamine groups is 3. The summed E-state index contributed by atoms with van der Waals surface area (Å²) >= 11 is 0. The van der Waals surface area contributed by atoms with Crippen LogP contribution in [0.3, 0.4) is 0 Å². The van der Waals surface area contributed by atoms with Gasteiger partial charge in [-0.2, -0.15) is 31.3 Å². The van der Waals surface area contributed by atoms with Gasteiger partial charge in [0.05, 0.1) is 36.5 Å². The number of aliphatic hydroxyl groups excluding tert-OH is 5. The van der Waals surface area contributed by atoms with Gasteiger partial charge in [-0.25, -0.2) is 13.8 Å². The molecule has 1 aliphatic heterocycles. The van der Waals surface area contributed by atoms with Gasteiger partial charge in [0, 0.05) is 12.1 Å². The smallest absolute Gasteiger partial charge is 0.455 e. The van der Waals surface area contributed by atoms with Crippen LogP contribution < -0.4 is 11.0 Å². The Labute approximate surface area is 311 Å². The van der Waals surface area contributed by atoms with E-state index in [1.807, 2.05) is 0 Å². The van der Waals surface area contributed by atoms with E-state index in [0.29, 0.717) is 12.1 Å². The van der Waals surface area contributed by atoms with Crippen molar-refractivity contribution in [2.24, 2.45) is 0 Å². The first-order chi connectivity index (χ1) is 25.7. The lowest BCUT2D eigenvalue weighted by atomic mass is 10.00. The fraction of sp³-hybridized carbons (Fsp3) is 0.533. The molecule has 56 heavy (non-hydrogen) atoms. The van der Waals surface area contributed by atoms with Gasteiger partial charge >= 0.3 is 25.8 Å². The van der Waals surface area contributed by atoms with Gasteiger partial charge in [0.25, 0.3) is 0 Å². The van der Waals surface area contributed by atoms with Crippen LogP contribution in [0.15, 0.2) is 47.3 Å². The highest BCUT2D eigenvalue weighted by Crippen LogP contribution is 2.42. The number of morpholine rings is 1. The Kier molecular flexibility index (Phi) is 15.3. The van der Waals surface area contributed by atoms with Crippen molar-refractivity contribution < 1.29 is 89.9 Å². The molecule has 8 atom stereocenters. The highest BCUT2D eigenvalue weighted by atomic mass is 31.2. The van der Waals surface area contributed by atoms with Crippen molar-refractivity contribution in [3.05, 3.63) is 92.1 Å². The van der Waals surface area contributed by atoms with Crippen molar-refractivity contribution in [1.29, 1.82) is 0 Å². The fourth-order valence-electron chi connectivity index (χ4n) is 5.49. The largest absolute Gasteiger partial charge is 0.632 e. The summed E-state index contributed by atoms with van der Waals surface area (Å²) in [5.74, 6) is -1.54. The van der Waals surface area contributed by atoms with Gasteiger partial charge in [0.2, 0.25) is 12.1 Å². The van der Waals surface area contributed by atoms with E-state index >= 15 is 0 Å². The van der Waals surface area contributed by atoms with Crippen molar-refractivity contribution in [2.45, 2.75) is 68.7 Å². The molecule has 0 spiro atoms. The lowest BCUT2D eigenvalue weighted by Crippen LogP contribution is -2.56. The van der Waals surface area contributed by atoms with Crippen LogP contribution >= 0.6 is 7.75 Å². The Bertz CT molecular complexity index is 1830. The molecule has 0 bridgehead atoms. The average molecular weight is 842 g/mol. The quantitative estimate of drug-likeness (QED) is 0.0378. The number of hydrogen-bond acceptors (Lipinski definition) is 13. The maximum Gasteiger partial charge on any atom is 0.455 e. The van der Waals surface area contributed by atoms with Gasteiger partial charge in [-0.05, 0) is 62.0 Å². The minimum absolute atomic E-state index is 0.00887. The molecule has 26 heteroatoms. The molecule has 0 radical (unpaired) electrons. The van der Waals surface area contributed by atoms with Gasteiger partial charge in [0.15, 0.2) is 6.04 Å². The molecule has 4 rings (SSSR count). The average Bonchev–Trinajstić information content (AvgIpc) is 3.38. The monoisotopic (exact) mass is 841 g/mol. The molecule has 18 nitrogen and oxygen atoms in total. The summed E-state index contributed by atoms with van der Waals surface area (Å²) in [6, 6.07) is 3.38. The van der Waals surface area contributed by atoms with Crippen molar-refractivity contribution in [1.82, 2.24) is 19.6 Å². The van der Waals surface area contributed by atoms with Crippen molar-refractivity contribution in [3.8, 4) is 0 Å². The van der Waals surface area contributed by atoms with Crippen LogP contribution in [-0.4, -0.2) is 124 Å². The third kappa shape index (κ3) is 11.5. The fourth-order valence-corrected chi connectivity index (χ4v) is 6.08. The Balaban J connectivity index is 0.000000554. The standard InChI is InChI=1S/C23H22F7N4O8P.C7H17NO5/c1-12(14-8-15(22(25,26)27)10-16(9-14)23(28,29)30)42-20-19(13-2-4-17(24)5-3-13)34(37,6-7-41-20)11-18-31-21(35)33(32(18)36)43(38,39)40;1-8-2-4(10)6(12)7(13)5(11)3-9/h2-5,8-10,12,19-20,36H,6-7,11H2,1H3,(H2,38,39,40);4-13H,2-3H2,1H3/t12-,19+,20-,34?;4-,5+,6+,7+/m10/s1. The lowest BCUT2D eigenvalue weighted by Gasteiger charge is -2.53. The first kappa shape index (κ1) is 46.8. The number of aliphatic hydroxyl groups is 5. The molecule has 1 aromatic heterocycles. The van der Waals surface area contributed by atoms with E-state index < -0.39 is 132 Å². The molecule has 2 aromatic carbocycles. The minimum atomic E-state index is -5.43. The number of quaternary nitrogens is 1.